The minimum Gasteiger partial charge on any atom is -0.341 e. The van der Waals surface area contributed by atoms with Crippen molar-refractivity contribution in [2.24, 2.45) is 0 Å². The highest BCUT2D eigenvalue weighted by atomic mass is 15.1. The summed E-state index contributed by atoms with van der Waals surface area (Å²) in [6, 6.07) is 67.7. The van der Waals surface area contributed by atoms with Crippen LogP contribution in [-0.2, 0) is 5.41 Å². The second-order valence-electron chi connectivity index (χ2n) is 14.4. The van der Waals surface area contributed by atoms with Gasteiger partial charge in [-0.25, -0.2) is 0 Å². The van der Waals surface area contributed by atoms with Crippen LogP contribution in [0.15, 0.2) is 243 Å². The van der Waals surface area contributed by atoms with Gasteiger partial charge >= 0.3 is 0 Å². The van der Waals surface area contributed by atoms with Crippen molar-refractivity contribution in [3.63, 3.8) is 0 Å². The van der Waals surface area contributed by atoms with Crippen LogP contribution in [0.3, 0.4) is 0 Å². The summed E-state index contributed by atoms with van der Waals surface area (Å²) in [5.74, 6) is 0. The zero-order valence-electron chi connectivity index (χ0n) is 32.5. The summed E-state index contributed by atoms with van der Waals surface area (Å²) in [5, 5.41) is 0. The minimum atomic E-state index is -0.433. The Balaban J connectivity index is 1.20. The molecule has 0 amide bonds. The van der Waals surface area contributed by atoms with Gasteiger partial charge in [0.2, 0.25) is 0 Å². The van der Waals surface area contributed by atoms with Gasteiger partial charge in [-0.15, -0.1) is 0 Å². The van der Waals surface area contributed by atoms with E-state index in [9.17, 15) is 0 Å². The molecule has 0 spiro atoms. The first kappa shape index (κ1) is 37.0. The van der Waals surface area contributed by atoms with Crippen molar-refractivity contribution in [2.45, 2.75) is 18.8 Å². The number of allylic oxidation sites excluding steroid dienone is 7. The molecule has 0 fully saturated rings. The third kappa shape index (κ3) is 7.66. The fourth-order valence-corrected chi connectivity index (χ4v) is 8.35. The van der Waals surface area contributed by atoms with Crippen LogP contribution < -0.4 is 4.90 Å². The lowest BCUT2D eigenvalue weighted by atomic mass is 9.72. The molecule has 0 atom stereocenters. The second kappa shape index (κ2) is 17.2. The van der Waals surface area contributed by atoms with Crippen LogP contribution in [0.5, 0.6) is 0 Å². The van der Waals surface area contributed by atoms with Crippen molar-refractivity contribution in [1.82, 2.24) is 0 Å². The molecule has 0 aliphatic heterocycles. The van der Waals surface area contributed by atoms with E-state index in [1.54, 1.807) is 0 Å². The normalized spacial score (nSPS) is 13.4. The Bertz CT molecular complexity index is 2530. The van der Waals surface area contributed by atoms with Gasteiger partial charge in [0.15, 0.2) is 0 Å². The standard InChI is InChI=1S/C56H47N/c1-3-20-43(47-26-18-27-48(42-47)45-24-10-6-11-25-45)39-41-57(51-37-35-46(36-38-51)44-22-8-5-9-23-44)50(21-4-2)30-19-40-56(49-28-12-7-13-29-49)54-33-16-14-31-52(54)53-32-15-17-34-55(53)56/h3-38,40,42H,1,39,41H2,2H3/b21-4-,40-19?,43-20+,50-30+. The lowest BCUT2D eigenvalue weighted by Gasteiger charge is -2.30. The maximum atomic E-state index is 4.12. The highest BCUT2D eigenvalue weighted by molar-refractivity contribution is 5.85. The van der Waals surface area contributed by atoms with E-state index in [1.807, 2.05) is 6.08 Å². The van der Waals surface area contributed by atoms with Crippen LogP contribution >= 0.6 is 0 Å². The molecule has 1 aliphatic rings. The lowest BCUT2D eigenvalue weighted by molar-refractivity contribution is 0.804. The molecule has 0 heterocycles. The summed E-state index contributed by atoms with van der Waals surface area (Å²) in [7, 11) is 0. The Morgan fingerprint density at radius 2 is 1.11 bits per heavy atom. The molecule has 1 aliphatic carbocycles. The molecule has 0 aromatic heterocycles. The Hall–Kier alpha value is -6.96. The molecule has 0 N–H and O–H groups in total. The van der Waals surface area contributed by atoms with Gasteiger partial charge in [0, 0.05) is 17.9 Å². The maximum absolute atomic E-state index is 4.12. The van der Waals surface area contributed by atoms with Gasteiger partial charge in [-0.1, -0.05) is 207 Å². The quantitative estimate of drug-likeness (QED) is 0.107. The van der Waals surface area contributed by atoms with Gasteiger partial charge in [0.1, 0.15) is 0 Å². The van der Waals surface area contributed by atoms with Crippen LogP contribution in [0.1, 0.15) is 35.6 Å². The Labute approximate surface area is 338 Å². The summed E-state index contributed by atoms with van der Waals surface area (Å²) in [6.45, 7) is 6.98. The van der Waals surface area contributed by atoms with E-state index in [-0.39, 0.29) is 0 Å². The fraction of sp³-hybridized carbons (Fsp3) is 0.0714. The molecule has 8 rings (SSSR count). The first-order valence-electron chi connectivity index (χ1n) is 19.9. The Kier molecular flexibility index (Phi) is 11.2. The van der Waals surface area contributed by atoms with Gasteiger partial charge in [-0.2, -0.15) is 0 Å². The fourth-order valence-electron chi connectivity index (χ4n) is 8.35. The van der Waals surface area contributed by atoms with Gasteiger partial charge < -0.3 is 4.90 Å². The van der Waals surface area contributed by atoms with E-state index < -0.39 is 5.41 Å². The van der Waals surface area contributed by atoms with E-state index in [0.717, 1.165) is 24.4 Å². The van der Waals surface area contributed by atoms with Gasteiger partial charge in [-0.3, -0.25) is 0 Å². The third-order valence-corrected chi connectivity index (χ3v) is 11.0. The van der Waals surface area contributed by atoms with E-state index in [0.29, 0.717) is 0 Å². The van der Waals surface area contributed by atoms with E-state index in [2.05, 4.69) is 243 Å². The molecule has 1 nitrogen and oxygen atoms in total. The average molecular weight is 734 g/mol. The summed E-state index contributed by atoms with van der Waals surface area (Å²) >= 11 is 0. The number of benzene rings is 7. The minimum absolute atomic E-state index is 0.433. The van der Waals surface area contributed by atoms with Crippen molar-refractivity contribution in [3.05, 3.63) is 265 Å². The first-order valence-corrected chi connectivity index (χ1v) is 19.9. The SMILES string of the molecule is C=C/C=C(\CCN(C(/C=C\C)=C/C=CC1(c2ccccc2)c2ccccc2-c2ccccc21)c1ccc(-c2ccccc2)cc1)c1cccc(-c2ccccc2)c1. The average Bonchev–Trinajstić information content (AvgIpc) is 3.57. The Morgan fingerprint density at radius 3 is 1.72 bits per heavy atom. The number of anilines is 1. The molecule has 0 bridgehead atoms. The monoisotopic (exact) mass is 733 g/mol. The zero-order valence-corrected chi connectivity index (χ0v) is 32.5. The smallest absolute Gasteiger partial charge is 0.0647 e. The van der Waals surface area contributed by atoms with Crippen molar-refractivity contribution in [1.29, 1.82) is 0 Å². The van der Waals surface area contributed by atoms with E-state index in [4.69, 9.17) is 0 Å². The second-order valence-corrected chi connectivity index (χ2v) is 14.4. The number of hydrogen-bond acceptors (Lipinski definition) is 1. The predicted molar refractivity (Wildman–Crippen MR) is 244 cm³/mol. The highest BCUT2D eigenvalue weighted by Crippen LogP contribution is 2.53. The van der Waals surface area contributed by atoms with Crippen LogP contribution in [-0.4, -0.2) is 6.54 Å². The molecular formula is C56H47N. The molecule has 57 heavy (non-hydrogen) atoms. The summed E-state index contributed by atoms with van der Waals surface area (Å²) in [6.07, 6.45) is 16.2. The molecule has 7 aromatic carbocycles. The number of rotatable bonds is 13. The molecule has 0 unspecified atom stereocenters. The van der Waals surface area contributed by atoms with E-state index in [1.165, 1.54) is 61.2 Å². The number of nitrogens with zero attached hydrogens (tertiary/aromatic N) is 1. The largest absolute Gasteiger partial charge is 0.341 e. The number of hydrogen-bond donors (Lipinski definition) is 0. The molecule has 1 heteroatoms. The van der Waals surface area contributed by atoms with Crippen molar-refractivity contribution in [3.8, 4) is 33.4 Å². The van der Waals surface area contributed by atoms with Crippen molar-refractivity contribution in [2.75, 3.05) is 11.4 Å². The first-order chi connectivity index (χ1) is 28.2. The highest BCUT2D eigenvalue weighted by Gasteiger charge is 2.42. The van der Waals surface area contributed by atoms with Gasteiger partial charge in [0.25, 0.3) is 0 Å². The Morgan fingerprint density at radius 1 is 0.561 bits per heavy atom. The van der Waals surface area contributed by atoms with Gasteiger partial charge in [0.05, 0.1) is 5.41 Å². The predicted octanol–water partition coefficient (Wildman–Crippen LogP) is 14.5. The summed E-state index contributed by atoms with van der Waals surface area (Å²) in [5.41, 5.74) is 15.5. The molecule has 0 saturated carbocycles. The van der Waals surface area contributed by atoms with Crippen LogP contribution in [0.25, 0.3) is 39.0 Å². The topological polar surface area (TPSA) is 3.24 Å². The van der Waals surface area contributed by atoms with Crippen molar-refractivity contribution >= 4 is 11.3 Å². The van der Waals surface area contributed by atoms with Crippen LogP contribution in [0, 0.1) is 0 Å². The third-order valence-electron chi connectivity index (χ3n) is 11.0. The molecule has 276 valence electrons. The zero-order chi connectivity index (χ0) is 38.9. The lowest BCUT2D eigenvalue weighted by Crippen LogP contribution is -2.24. The number of fused-ring (bicyclic) bond motifs is 3. The maximum Gasteiger partial charge on any atom is 0.0647 e. The molecule has 0 radical (unpaired) electrons. The van der Waals surface area contributed by atoms with Crippen LogP contribution in [0.4, 0.5) is 5.69 Å². The van der Waals surface area contributed by atoms with Crippen molar-refractivity contribution < 1.29 is 0 Å². The van der Waals surface area contributed by atoms with Crippen LogP contribution in [0.2, 0.25) is 0 Å². The molecule has 0 saturated heterocycles. The van der Waals surface area contributed by atoms with Gasteiger partial charge in [-0.05, 0) is 105 Å². The van der Waals surface area contributed by atoms with E-state index >= 15 is 0 Å². The summed E-state index contributed by atoms with van der Waals surface area (Å²) in [4.78, 5) is 2.45. The molecule has 7 aromatic rings. The molecular weight excluding hydrogens is 687 g/mol. The summed E-state index contributed by atoms with van der Waals surface area (Å²) < 4.78 is 0.